The van der Waals surface area contributed by atoms with Gasteiger partial charge in [-0.25, -0.2) is 9.50 Å². The Morgan fingerprint density at radius 1 is 1.21 bits per heavy atom. The fourth-order valence-electron chi connectivity index (χ4n) is 2.15. The molecule has 2 heterocycles. The van der Waals surface area contributed by atoms with Crippen molar-refractivity contribution in [1.82, 2.24) is 14.6 Å². The van der Waals surface area contributed by atoms with E-state index in [-0.39, 0.29) is 0 Å². The van der Waals surface area contributed by atoms with Crippen LogP contribution in [0.25, 0.3) is 5.52 Å². The zero-order valence-electron chi connectivity index (χ0n) is 10.9. The lowest BCUT2D eigenvalue weighted by atomic mass is 10.1. The molecule has 96 valence electrons. The molecule has 1 aromatic carbocycles. The van der Waals surface area contributed by atoms with Crippen molar-refractivity contribution in [3.63, 3.8) is 0 Å². The van der Waals surface area contributed by atoms with E-state index in [1.54, 1.807) is 6.20 Å². The highest BCUT2D eigenvalue weighted by Gasteiger charge is 2.04. The number of hydrogen-bond donors (Lipinski definition) is 1. The molecule has 0 aliphatic carbocycles. The molecule has 2 aromatic heterocycles. The van der Waals surface area contributed by atoms with Crippen LogP contribution in [0.3, 0.4) is 0 Å². The van der Waals surface area contributed by atoms with E-state index in [4.69, 9.17) is 0 Å². The molecule has 0 unspecified atom stereocenters. The van der Waals surface area contributed by atoms with E-state index in [0.717, 1.165) is 30.0 Å². The monoisotopic (exact) mass is 252 g/mol. The summed E-state index contributed by atoms with van der Waals surface area (Å²) in [5, 5.41) is 7.75. The minimum Gasteiger partial charge on any atom is -0.368 e. The van der Waals surface area contributed by atoms with Crippen molar-refractivity contribution in [2.75, 3.05) is 11.9 Å². The lowest BCUT2D eigenvalue weighted by Gasteiger charge is -2.06. The minimum atomic E-state index is 0.862. The molecule has 0 aliphatic rings. The van der Waals surface area contributed by atoms with Crippen molar-refractivity contribution >= 4 is 11.3 Å². The normalized spacial score (nSPS) is 10.8. The Morgan fingerprint density at radius 2 is 2.05 bits per heavy atom. The molecule has 0 saturated heterocycles. The van der Waals surface area contributed by atoms with Crippen LogP contribution >= 0.6 is 0 Å². The molecule has 0 radical (unpaired) electrons. The lowest BCUT2D eigenvalue weighted by Crippen LogP contribution is -2.07. The third kappa shape index (κ3) is 2.57. The number of fused-ring (bicyclic) bond motifs is 1. The Hall–Kier alpha value is -2.36. The number of benzene rings is 1. The molecule has 19 heavy (non-hydrogen) atoms. The SMILES string of the molecule is Cc1cc2c(NCCc3ccccc3)nccn2n1. The average Bonchev–Trinajstić information content (AvgIpc) is 2.81. The second-order valence-corrected chi connectivity index (χ2v) is 4.55. The molecule has 0 spiro atoms. The maximum absolute atomic E-state index is 4.38. The number of nitrogens with one attached hydrogen (secondary N) is 1. The van der Waals surface area contributed by atoms with Crippen LogP contribution in [-0.4, -0.2) is 21.1 Å². The first kappa shape index (κ1) is 11.7. The summed E-state index contributed by atoms with van der Waals surface area (Å²) in [6.45, 7) is 2.85. The molecule has 0 atom stereocenters. The highest BCUT2D eigenvalue weighted by Crippen LogP contribution is 2.14. The van der Waals surface area contributed by atoms with Gasteiger partial charge in [-0.05, 0) is 25.0 Å². The summed E-state index contributed by atoms with van der Waals surface area (Å²) in [4.78, 5) is 4.38. The van der Waals surface area contributed by atoms with Crippen LogP contribution < -0.4 is 5.32 Å². The predicted molar refractivity (Wildman–Crippen MR) is 76.4 cm³/mol. The van der Waals surface area contributed by atoms with Gasteiger partial charge in [-0.2, -0.15) is 5.10 Å². The summed E-state index contributed by atoms with van der Waals surface area (Å²) >= 11 is 0. The highest BCUT2D eigenvalue weighted by atomic mass is 15.2. The molecule has 3 rings (SSSR count). The van der Waals surface area contributed by atoms with Crippen molar-refractivity contribution < 1.29 is 0 Å². The van der Waals surface area contributed by atoms with E-state index in [2.05, 4.69) is 39.7 Å². The van der Waals surface area contributed by atoms with Crippen LogP contribution in [0, 0.1) is 6.92 Å². The molecular weight excluding hydrogens is 236 g/mol. The molecule has 1 N–H and O–H groups in total. The van der Waals surface area contributed by atoms with Gasteiger partial charge in [0, 0.05) is 18.9 Å². The van der Waals surface area contributed by atoms with Crippen LogP contribution in [0.15, 0.2) is 48.8 Å². The van der Waals surface area contributed by atoms with Crippen LogP contribution in [0.2, 0.25) is 0 Å². The van der Waals surface area contributed by atoms with Crippen molar-refractivity contribution in [2.45, 2.75) is 13.3 Å². The van der Waals surface area contributed by atoms with Crippen LogP contribution in [-0.2, 0) is 6.42 Å². The zero-order chi connectivity index (χ0) is 13.1. The van der Waals surface area contributed by atoms with Gasteiger partial charge in [-0.3, -0.25) is 0 Å². The van der Waals surface area contributed by atoms with Crippen LogP contribution in [0.5, 0.6) is 0 Å². The van der Waals surface area contributed by atoms with Gasteiger partial charge in [0.15, 0.2) is 5.82 Å². The summed E-state index contributed by atoms with van der Waals surface area (Å²) in [6, 6.07) is 12.5. The van der Waals surface area contributed by atoms with Crippen molar-refractivity contribution in [1.29, 1.82) is 0 Å². The molecule has 0 fully saturated rings. The number of aryl methyl sites for hydroxylation is 1. The number of rotatable bonds is 4. The topological polar surface area (TPSA) is 42.2 Å². The maximum atomic E-state index is 4.38. The Morgan fingerprint density at radius 3 is 2.89 bits per heavy atom. The first-order chi connectivity index (χ1) is 9.33. The first-order valence-corrected chi connectivity index (χ1v) is 6.42. The summed E-state index contributed by atoms with van der Waals surface area (Å²) < 4.78 is 1.85. The van der Waals surface area contributed by atoms with Gasteiger partial charge < -0.3 is 5.32 Å². The largest absolute Gasteiger partial charge is 0.368 e. The van der Waals surface area contributed by atoms with Gasteiger partial charge in [-0.15, -0.1) is 0 Å². The highest BCUT2D eigenvalue weighted by molar-refractivity contribution is 5.67. The van der Waals surface area contributed by atoms with E-state index in [1.807, 2.05) is 29.8 Å². The number of aromatic nitrogens is 3. The third-order valence-electron chi connectivity index (χ3n) is 3.06. The van der Waals surface area contributed by atoms with Gasteiger partial charge in [0.05, 0.1) is 5.69 Å². The van der Waals surface area contributed by atoms with Crippen LogP contribution in [0.4, 0.5) is 5.82 Å². The molecule has 4 heteroatoms. The smallest absolute Gasteiger partial charge is 0.152 e. The van der Waals surface area contributed by atoms with Crippen molar-refractivity contribution in [3.8, 4) is 0 Å². The Bertz CT molecular complexity index is 673. The van der Waals surface area contributed by atoms with E-state index in [0.29, 0.717) is 0 Å². The van der Waals surface area contributed by atoms with Crippen LogP contribution in [0.1, 0.15) is 11.3 Å². The Balaban J connectivity index is 1.72. The van der Waals surface area contributed by atoms with E-state index < -0.39 is 0 Å². The standard InChI is InChI=1S/C15H16N4/c1-12-11-14-15(17-9-10-19(14)18-12)16-8-7-13-5-3-2-4-6-13/h2-6,9-11H,7-8H2,1H3,(H,16,17). The van der Waals surface area contributed by atoms with E-state index >= 15 is 0 Å². The second kappa shape index (κ2) is 5.10. The Labute approximate surface area is 112 Å². The van der Waals surface area contributed by atoms with E-state index in [1.165, 1.54) is 5.56 Å². The number of nitrogens with zero attached hydrogens (tertiary/aromatic N) is 3. The molecule has 0 aliphatic heterocycles. The van der Waals surface area contributed by atoms with Gasteiger partial charge in [0.2, 0.25) is 0 Å². The summed E-state index contributed by atoms with van der Waals surface area (Å²) in [5.74, 6) is 0.888. The average molecular weight is 252 g/mol. The first-order valence-electron chi connectivity index (χ1n) is 6.42. The number of hydrogen-bond acceptors (Lipinski definition) is 3. The summed E-state index contributed by atoms with van der Waals surface area (Å²) in [7, 11) is 0. The number of anilines is 1. The molecule has 4 nitrogen and oxygen atoms in total. The fourth-order valence-corrected chi connectivity index (χ4v) is 2.15. The molecular formula is C15H16N4. The fraction of sp³-hybridized carbons (Fsp3) is 0.200. The third-order valence-corrected chi connectivity index (χ3v) is 3.06. The second-order valence-electron chi connectivity index (χ2n) is 4.55. The van der Waals surface area contributed by atoms with Gasteiger partial charge in [0.25, 0.3) is 0 Å². The summed E-state index contributed by atoms with van der Waals surface area (Å²) in [6.07, 6.45) is 4.62. The molecule has 0 saturated carbocycles. The van der Waals surface area contributed by atoms with Gasteiger partial charge >= 0.3 is 0 Å². The lowest BCUT2D eigenvalue weighted by molar-refractivity contribution is 0.917. The molecule has 0 bridgehead atoms. The van der Waals surface area contributed by atoms with Crippen molar-refractivity contribution in [3.05, 3.63) is 60.0 Å². The maximum Gasteiger partial charge on any atom is 0.152 e. The van der Waals surface area contributed by atoms with Crippen molar-refractivity contribution in [2.24, 2.45) is 0 Å². The van der Waals surface area contributed by atoms with E-state index in [9.17, 15) is 0 Å². The van der Waals surface area contributed by atoms with Gasteiger partial charge in [0.1, 0.15) is 5.52 Å². The Kier molecular flexibility index (Phi) is 3.14. The molecule has 0 amide bonds. The molecule has 3 aromatic rings. The predicted octanol–water partition coefficient (Wildman–Crippen LogP) is 2.69. The van der Waals surface area contributed by atoms with Gasteiger partial charge in [-0.1, -0.05) is 30.3 Å². The summed E-state index contributed by atoms with van der Waals surface area (Å²) in [5.41, 5.74) is 3.35. The zero-order valence-corrected chi connectivity index (χ0v) is 10.9. The quantitative estimate of drug-likeness (QED) is 0.776. The minimum absolute atomic E-state index is 0.862.